The number of amides is 2. The van der Waals surface area contributed by atoms with Crippen molar-refractivity contribution in [2.75, 3.05) is 19.6 Å². The molecule has 1 aromatic rings. The number of hydrogen-bond donors (Lipinski definition) is 1. The maximum absolute atomic E-state index is 12.5. The van der Waals surface area contributed by atoms with Crippen LogP contribution < -0.4 is 0 Å². The molecule has 2 aliphatic rings. The number of aliphatic hydroxyl groups excluding tert-OH is 1. The summed E-state index contributed by atoms with van der Waals surface area (Å²) in [7, 11) is 0. The second-order valence-electron chi connectivity index (χ2n) is 8.87. The summed E-state index contributed by atoms with van der Waals surface area (Å²) in [5.41, 5.74) is 1.73. The fourth-order valence-corrected chi connectivity index (χ4v) is 4.31. The highest BCUT2D eigenvalue weighted by molar-refractivity contribution is 5.81. The van der Waals surface area contributed by atoms with Crippen LogP contribution in [0.4, 0.5) is 0 Å². The van der Waals surface area contributed by atoms with Gasteiger partial charge in [-0.05, 0) is 43.9 Å². The Morgan fingerprint density at radius 3 is 2.54 bits per heavy atom. The fraction of sp³-hybridized carbons (Fsp3) is 0.714. The zero-order chi connectivity index (χ0) is 20.3. The zero-order valence-corrected chi connectivity index (χ0v) is 17.2. The highest BCUT2D eigenvalue weighted by atomic mass is 16.3. The van der Waals surface area contributed by atoms with Gasteiger partial charge in [0.1, 0.15) is 6.10 Å². The lowest BCUT2D eigenvalue weighted by Crippen LogP contribution is -2.53. The van der Waals surface area contributed by atoms with Crippen molar-refractivity contribution in [3.8, 4) is 0 Å². The Morgan fingerprint density at radius 1 is 1.21 bits per heavy atom. The maximum atomic E-state index is 12.5. The first kappa shape index (κ1) is 20.7. The standard InChI is InChI=1S/C21H32N4O3/c1-15(2)10-18(26)20(28)24-8-6-21(7-9-24)5-4-19(27)25(14-21)13-17-12-22-16(3)11-23-17/h11-12,15,18,26H,4-10,13-14H2,1-3H3. The lowest BCUT2D eigenvalue weighted by atomic mass is 9.72. The van der Waals surface area contributed by atoms with Gasteiger partial charge < -0.3 is 14.9 Å². The minimum absolute atomic E-state index is 0.0613. The van der Waals surface area contributed by atoms with Crippen molar-refractivity contribution in [3.63, 3.8) is 0 Å². The van der Waals surface area contributed by atoms with Crippen molar-refractivity contribution >= 4 is 11.8 Å². The first-order valence-corrected chi connectivity index (χ1v) is 10.3. The Kier molecular flexibility index (Phi) is 6.33. The van der Waals surface area contributed by atoms with Gasteiger partial charge in [-0.3, -0.25) is 19.6 Å². The quantitative estimate of drug-likeness (QED) is 0.833. The third-order valence-corrected chi connectivity index (χ3v) is 6.05. The molecule has 1 unspecified atom stereocenters. The first-order chi connectivity index (χ1) is 13.3. The molecule has 1 N–H and O–H groups in total. The Labute approximate surface area is 167 Å². The average Bonchev–Trinajstić information content (AvgIpc) is 2.66. The van der Waals surface area contributed by atoms with Crippen LogP contribution in [-0.4, -0.2) is 62.4 Å². The number of carbonyl (C=O) groups is 2. The predicted molar refractivity (Wildman–Crippen MR) is 105 cm³/mol. The number of nitrogens with zero attached hydrogens (tertiary/aromatic N) is 4. The van der Waals surface area contributed by atoms with E-state index in [9.17, 15) is 14.7 Å². The van der Waals surface area contributed by atoms with E-state index in [1.165, 1.54) is 0 Å². The van der Waals surface area contributed by atoms with E-state index in [-0.39, 0.29) is 23.1 Å². The summed E-state index contributed by atoms with van der Waals surface area (Å²) in [5, 5.41) is 10.1. The lowest BCUT2D eigenvalue weighted by Gasteiger charge is -2.47. The number of aryl methyl sites for hydroxylation is 1. The number of likely N-dealkylation sites (tertiary alicyclic amines) is 2. The molecular weight excluding hydrogens is 356 g/mol. The van der Waals surface area contributed by atoms with Gasteiger partial charge in [-0.2, -0.15) is 0 Å². The molecule has 154 valence electrons. The molecule has 0 bridgehead atoms. The monoisotopic (exact) mass is 388 g/mol. The molecule has 28 heavy (non-hydrogen) atoms. The third kappa shape index (κ3) is 4.87. The van der Waals surface area contributed by atoms with Crippen LogP contribution in [0.2, 0.25) is 0 Å². The van der Waals surface area contributed by atoms with E-state index < -0.39 is 6.10 Å². The number of rotatable bonds is 5. The molecule has 2 fully saturated rings. The van der Waals surface area contributed by atoms with Gasteiger partial charge in [0.2, 0.25) is 5.91 Å². The largest absolute Gasteiger partial charge is 0.383 e. The number of aliphatic hydroxyl groups is 1. The molecule has 3 heterocycles. The molecular formula is C21H32N4O3. The summed E-state index contributed by atoms with van der Waals surface area (Å²) in [6.45, 7) is 8.41. The van der Waals surface area contributed by atoms with Gasteiger partial charge in [0.05, 0.1) is 24.1 Å². The van der Waals surface area contributed by atoms with E-state index in [1.807, 2.05) is 25.7 Å². The van der Waals surface area contributed by atoms with E-state index in [4.69, 9.17) is 0 Å². The number of piperidine rings is 2. The molecule has 1 spiro atoms. The predicted octanol–water partition coefficient (Wildman–Crippen LogP) is 1.92. The Balaban J connectivity index is 1.58. The summed E-state index contributed by atoms with van der Waals surface area (Å²) in [6, 6.07) is 0. The van der Waals surface area contributed by atoms with Crippen molar-refractivity contribution in [1.82, 2.24) is 19.8 Å². The molecule has 3 rings (SSSR count). The van der Waals surface area contributed by atoms with Gasteiger partial charge in [0.15, 0.2) is 0 Å². The SMILES string of the molecule is Cc1cnc(CN2CC3(CCC2=O)CCN(C(=O)C(O)CC(C)C)CC3)cn1. The Morgan fingerprint density at radius 2 is 1.93 bits per heavy atom. The summed E-state index contributed by atoms with van der Waals surface area (Å²) in [5.74, 6) is 0.305. The number of carbonyl (C=O) groups excluding carboxylic acids is 2. The normalized spacial score (nSPS) is 20.7. The van der Waals surface area contributed by atoms with Crippen LogP contribution >= 0.6 is 0 Å². The number of aromatic nitrogens is 2. The van der Waals surface area contributed by atoms with E-state index in [0.717, 1.165) is 30.7 Å². The van der Waals surface area contributed by atoms with Crippen LogP contribution in [0.3, 0.4) is 0 Å². The molecule has 7 nitrogen and oxygen atoms in total. The molecule has 1 atom stereocenters. The summed E-state index contributed by atoms with van der Waals surface area (Å²) in [6.07, 6.45) is 6.22. The van der Waals surface area contributed by atoms with Crippen LogP contribution in [0.5, 0.6) is 0 Å². The summed E-state index contributed by atoms with van der Waals surface area (Å²) < 4.78 is 0. The van der Waals surface area contributed by atoms with Gasteiger partial charge in [-0.15, -0.1) is 0 Å². The van der Waals surface area contributed by atoms with E-state index in [2.05, 4.69) is 9.97 Å². The third-order valence-electron chi connectivity index (χ3n) is 6.05. The highest BCUT2D eigenvalue weighted by Crippen LogP contribution is 2.40. The molecule has 0 radical (unpaired) electrons. The molecule has 0 saturated carbocycles. The van der Waals surface area contributed by atoms with E-state index in [0.29, 0.717) is 39.0 Å². The van der Waals surface area contributed by atoms with Crippen LogP contribution in [-0.2, 0) is 16.1 Å². The van der Waals surface area contributed by atoms with Gasteiger partial charge in [0, 0.05) is 32.3 Å². The molecule has 7 heteroatoms. The molecule has 1 aromatic heterocycles. The molecule has 2 saturated heterocycles. The van der Waals surface area contributed by atoms with Crippen molar-refractivity contribution < 1.29 is 14.7 Å². The topological polar surface area (TPSA) is 86.6 Å². The van der Waals surface area contributed by atoms with Gasteiger partial charge in [-0.25, -0.2) is 0 Å². The minimum Gasteiger partial charge on any atom is -0.383 e. The zero-order valence-electron chi connectivity index (χ0n) is 17.2. The van der Waals surface area contributed by atoms with Gasteiger partial charge in [0.25, 0.3) is 5.91 Å². The first-order valence-electron chi connectivity index (χ1n) is 10.3. The smallest absolute Gasteiger partial charge is 0.251 e. The minimum atomic E-state index is -0.904. The maximum Gasteiger partial charge on any atom is 0.251 e. The second-order valence-corrected chi connectivity index (χ2v) is 8.87. The van der Waals surface area contributed by atoms with Gasteiger partial charge >= 0.3 is 0 Å². The van der Waals surface area contributed by atoms with Crippen LogP contribution in [0, 0.1) is 18.3 Å². The Hall–Kier alpha value is -2.02. The molecule has 0 aliphatic carbocycles. The van der Waals surface area contributed by atoms with E-state index >= 15 is 0 Å². The average molecular weight is 389 g/mol. The van der Waals surface area contributed by atoms with Crippen molar-refractivity contribution in [3.05, 3.63) is 23.8 Å². The summed E-state index contributed by atoms with van der Waals surface area (Å²) in [4.78, 5) is 37.3. The van der Waals surface area contributed by atoms with Crippen LogP contribution in [0.25, 0.3) is 0 Å². The van der Waals surface area contributed by atoms with E-state index in [1.54, 1.807) is 17.3 Å². The van der Waals surface area contributed by atoms with Crippen LogP contribution in [0.1, 0.15) is 57.3 Å². The summed E-state index contributed by atoms with van der Waals surface area (Å²) >= 11 is 0. The Bertz CT molecular complexity index is 696. The lowest BCUT2D eigenvalue weighted by molar-refractivity contribution is -0.147. The van der Waals surface area contributed by atoms with Gasteiger partial charge in [-0.1, -0.05) is 13.8 Å². The van der Waals surface area contributed by atoms with Crippen molar-refractivity contribution in [1.29, 1.82) is 0 Å². The second kappa shape index (κ2) is 8.55. The fourth-order valence-electron chi connectivity index (χ4n) is 4.31. The molecule has 2 aliphatic heterocycles. The molecule has 2 amide bonds. The molecule has 0 aromatic carbocycles. The number of hydrogen-bond acceptors (Lipinski definition) is 5. The highest BCUT2D eigenvalue weighted by Gasteiger charge is 2.42. The van der Waals surface area contributed by atoms with Crippen LogP contribution in [0.15, 0.2) is 12.4 Å². The van der Waals surface area contributed by atoms with Crippen molar-refractivity contribution in [2.45, 2.75) is 65.5 Å². The van der Waals surface area contributed by atoms with Crippen molar-refractivity contribution in [2.24, 2.45) is 11.3 Å².